The van der Waals surface area contributed by atoms with Gasteiger partial charge in [0.15, 0.2) is 0 Å². The lowest BCUT2D eigenvalue weighted by Gasteiger charge is -2.34. The Bertz CT molecular complexity index is 1850. The number of anilines is 4. The van der Waals surface area contributed by atoms with Crippen molar-refractivity contribution >= 4 is 51.4 Å². The van der Waals surface area contributed by atoms with Crippen molar-refractivity contribution in [1.82, 2.24) is 4.98 Å². The molecule has 0 saturated heterocycles. The number of hydrogen-bond acceptors (Lipinski definition) is 5. The van der Waals surface area contributed by atoms with Gasteiger partial charge in [-0.05, 0) is 79.9 Å². The number of aromatic nitrogens is 1. The van der Waals surface area contributed by atoms with Gasteiger partial charge in [0.2, 0.25) is 11.5 Å². The molecule has 1 aromatic heterocycles. The fraction of sp³-hybridized carbons (Fsp3) is 0.216. The number of rotatable bonds is 9. The van der Waals surface area contributed by atoms with Crippen molar-refractivity contribution in [2.75, 3.05) is 35.5 Å². The second-order valence-electron chi connectivity index (χ2n) is 11.5. The Morgan fingerprint density at radius 1 is 0.826 bits per heavy atom. The van der Waals surface area contributed by atoms with Crippen LogP contribution in [0.4, 0.5) is 22.7 Å². The average molecular weight is 617 g/mol. The first kappa shape index (κ1) is 30.6. The maximum absolute atomic E-state index is 15.0. The number of aromatic amines is 1. The van der Waals surface area contributed by atoms with Crippen molar-refractivity contribution in [3.8, 4) is 5.75 Å². The smallest absolute Gasteiger partial charge is 0.274 e. The van der Waals surface area contributed by atoms with Crippen molar-refractivity contribution in [3.05, 3.63) is 115 Å². The number of carbonyl (C=O) groups is 3. The van der Waals surface area contributed by atoms with Crippen LogP contribution in [0.3, 0.4) is 0 Å². The molecular formula is C37H36N4O5. The number of nitrogens with zero attached hydrogens (tertiary/aromatic N) is 3. The van der Waals surface area contributed by atoms with E-state index >= 15 is 0 Å². The minimum atomic E-state index is -2.00. The summed E-state index contributed by atoms with van der Waals surface area (Å²) in [5.74, 6) is -0.836. The van der Waals surface area contributed by atoms with Crippen LogP contribution in [0.1, 0.15) is 19.5 Å². The van der Waals surface area contributed by atoms with Gasteiger partial charge in [0.25, 0.3) is 11.8 Å². The van der Waals surface area contributed by atoms with Gasteiger partial charge in [0.05, 0.1) is 18.5 Å². The highest BCUT2D eigenvalue weighted by molar-refractivity contribution is 6.26. The largest absolute Gasteiger partial charge is 0.497 e. The fourth-order valence-electron chi connectivity index (χ4n) is 6.16. The van der Waals surface area contributed by atoms with Crippen LogP contribution >= 0.6 is 0 Å². The molecule has 46 heavy (non-hydrogen) atoms. The van der Waals surface area contributed by atoms with Gasteiger partial charge in [-0.1, -0.05) is 48.5 Å². The van der Waals surface area contributed by atoms with E-state index < -0.39 is 17.4 Å². The second kappa shape index (κ2) is 12.5. The summed E-state index contributed by atoms with van der Waals surface area (Å²) in [7, 11) is 2.95. The van der Waals surface area contributed by atoms with Crippen LogP contribution in [0.25, 0.3) is 10.9 Å². The molecule has 2 heterocycles. The molecule has 0 aliphatic carbocycles. The number of amides is 3. The number of fused-ring (bicyclic) bond motifs is 2. The molecule has 0 saturated carbocycles. The third-order valence-electron chi connectivity index (χ3n) is 8.37. The number of para-hydroxylation sites is 4. The number of benzene rings is 4. The van der Waals surface area contributed by atoms with E-state index in [0.29, 0.717) is 34.2 Å². The van der Waals surface area contributed by atoms with E-state index in [4.69, 9.17) is 9.47 Å². The molecule has 5 aromatic rings. The molecule has 1 atom stereocenters. The number of H-pyrrole nitrogens is 1. The summed E-state index contributed by atoms with van der Waals surface area (Å²) in [6, 6.07) is 32.9. The quantitative estimate of drug-likeness (QED) is 0.197. The van der Waals surface area contributed by atoms with Crippen LogP contribution in [-0.4, -0.2) is 55.1 Å². The molecule has 6 rings (SSSR count). The van der Waals surface area contributed by atoms with Crippen LogP contribution < -0.4 is 19.4 Å². The minimum absolute atomic E-state index is 0.0791. The molecule has 0 spiro atoms. The SMILES string of the molecule is COc1ccc(N(C(=O)CN2C(=O)C(Cc3cc4ccccc4[nH]3)(OC)C(=O)N(c3ccccc3)c3ccccc32)C(C)C)cc1. The van der Waals surface area contributed by atoms with E-state index in [9.17, 15) is 14.4 Å². The first-order valence-corrected chi connectivity index (χ1v) is 15.2. The molecule has 4 aromatic carbocycles. The van der Waals surface area contributed by atoms with Crippen molar-refractivity contribution < 1.29 is 23.9 Å². The predicted octanol–water partition coefficient (Wildman–Crippen LogP) is 6.26. The molecule has 1 N–H and O–H groups in total. The standard InChI is InChI=1S/C37H36N4O5/c1-25(2)40(29-18-20-30(45-3)21-19-29)34(42)24-39-32-16-10-11-17-33(32)41(28-13-6-5-7-14-28)36(44)37(46-4,35(39)43)23-27-22-26-12-8-9-15-31(26)38-27/h5-22,25,38H,23-24H2,1-4H3. The highest BCUT2D eigenvalue weighted by Crippen LogP contribution is 2.42. The van der Waals surface area contributed by atoms with Gasteiger partial charge in [-0.25, -0.2) is 0 Å². The summed E-state index contributed by atoms with van der Waals surface area (Å²) in [5, 5.41) is 0.944. The highest BCUT2D eigenvalue weighted by Gasteiger charge is 2.55. The first-order valence-electron chi connectivity index (χ1n) is 15.2. The van der Waals surface area contributed by atoms with E-state index in [-0.39, 0.29) is 24.9 Å². The van der Waals surface area contributed by atoms with Crippen LogP contribution in [0.2, 0.25) is 0 Å². The zero-order chi connectivity index (χ0) is 32.4. The summed E-state index contributed by atoms with van der Waals surface area (Å²) >= 11 is 0. The maximum Gasteiger partial charge on any atom is 0.274 e. The van der Waals surface area contributed by atoms with Gasteiger partial charge in [-0.3, -0.25) is 24.2 Å². The van der Waals surface area contributed by atoms with Crippen LogP contribution in [0, 0.1) is 0 Å². The van der Waals surface area contributed by atoms with Gasteiger partial charge in [0.1, 0.15) is 12.3 Å². The van der Waals surface area contributed by atoms with E-state index in [2.05, 4.69) is 4.98 Å². The number of hydrogen-bond donors (Lipinski definition) is 1. The molecule has 0 bridgehead atoms. The van der Waals surface area contributed by atoms with E-state index in [1.54, 1.807) is 42.3 Å². The van der Waals surface area contributed by atoms with E-state index in [1.165, 1.54) is 16.9 Å². The Kier molecular flexibility index (Phi) is 8.34. The molecule has 0 radical (unpaired) electrons. The zero-order valence-corrected chi connectivity index (χ0v) is 26.3. The molecule has 234 valence electrons. The molecule has 3 amide bonds. The Morgan fingerprint density at radius 3 is 2.13 bits per heavy atom. The van der Waals surface area contributed by atoms with Crippen molar-refractivity contribution in [2.45, 2.75) is 31.9 Å². The second-order valence-corrected chi connectivity index (χ2v) is 11.5. The van der Waals surface area contributed by atoms with Crippen molar-refractivity contribution in [1.29, 1.82) is 0 Å². The zero-order valence-electron chi connectivity index (χ0n) is 26.3. The summed E-state index contributed by atoms with van der Waals surface area (Å²) in [6.07, 6.45) is -0.0791. The predicted molar refractivity (Wildman–Crippen MR) is 180 cm³/mol. The molecule has 1 aliphatic heterocycles. The monoisotopic (exact) mass is 616 g/mol. The molecular weight excluding hydrogens is 580 g/mol. The van der Waals surface area contributed by atoms with Gasteiger partial charge in [0, 0.05) is 42.2 Å². The molecule has 9 heteroatoms. The summed E-state index contributed by atoms with van der Waals surface area (Å²) in [4.78, 5) is 52.0. The topological polar surface area (TPSA) is 95.2 Å². The van der Waals surface area contributed by atoms with Crippen molar-refractivity contribution in [2.24, 2.45) is 0 Å². The molecule has 9 nitrogen and oxygen atoms in total. The summed E-state index contributed by atoms with van der Waals surface area (Å²) < 4.78 is 11.4. The van der Waals surface area contributed by atoms with Gasteiger partial charge in [-0.15, -0.1) is 0 Å². The third kappa shape index (κ3) is 5.39. The van der Waals surface area contributed by atoms with E-state index in [1.807, 2.05) is 92.7 Å². The molecule has 1 unspecified atom stereocenters. The Hall–Kier alpha value is -5.41. The Morgan fingerprint density at radius 2 is 1.48 bits per heavy atom. The summed E-state index contributed by atoms with van der Waals surface area (Å²) in [5.41, 5.74) is 1.65. The van der Waals surface area contributed by atoms with Crippen molar-refractivity contribution in [3.63, 3.8) is 0 Å². The Labute approximate surface area is 267 Å². The normalized spacial score (nSPS) is 16.5. The highest BCUT2D eigenvalue weighted by atomic mass is 16.5. The number of nitrogens with one attached hydrogen (secondary N) is 1. The lowest BCUT2D eigenvalue weighted by Crippen LogP contribution is -2.60. The van der Waals surface area contributed by atoms with Gasteiger partial charge >= 0.3 is 0 Å². The van der Waals surface area contributed by atoms with Crippen LogP contribution in [0.5, 0.6) is 5.75 Å². The van der Waals surface area contributed by atoms with Gasteiger partial charge in [-0.2, -0.15) is 0 Å². The molecule has 1 aliphatic rings. The lowest BCUT2D eigenvalue weighted by atomic mass is 9.93. The number of methoxy groups -OCH3 is 2. The third-order valence-corrected chi connectivity index (χ3v) is 8.37. The lowest BCUT2D eigenvalue weighted by molar-refractivity contribution is -0.153. The Balaban J connectivity index is 1.49. The maximum atomic E-state index is 15.0. The fourth-order valence-corrected chi connectivity index (χ4v) is 6.16. The molecule has 0 fully saturated rings. The average Bonchev–Trinajstić information content (AvgIpc) is 3.47. The van der Waals surface area contributed by atoms with E-state index in [0.717, 1.165) is 10.9 Å². The van der Waals surface area contributed by atoms with Gasteiger partial charge < -0.3 is 19.4 Å². The van der Waals surface area contributed by atoms with Crippen LogP contribution in [-0.2, 0) is 25.5 Å². The number of ether oxygens (including phenoxy) is 2. The summed E-state index contributed by atoms with van der Waals surface area (Å²) in [6.45, 7) is 3.50. The number of carbonyl (C=O) groups excluding carboxylic acids is 3. The van der Waals surface area contributed by atoms with Crippen LogP contribution in [0.15, 0.2) is 109 Å². The minimum Gasteiger partial charge on any atom is -0.497 e. The first-order chi connectivity index (χ1) is 22.3.